The Morgan fingerprint density at radius 2 is 1.96 bits per heavy atom. The van der Waals surface area contributed by atoms with Gasteiger partial charge in [0.2, 0.25) is 5.91 Å². The summed E-state index contributed by atoms with van der Waals surface area (Å²) >= 11 is 8.08. The Labute approximate surface area is 151 Å². The second kappa shape index (κ2) is 6.79. The Balaban J connectivity index is 1.58. The molecule has 0 radical (unpaired) electrons. The third kappa shape index (κ3) is 2.94. The molecule has 2 aromatic carbocycles. The van der Waals surface area contributed by atoms with Crippen LogP contribution in [0.25, 0.3) is 0 Å². The number of hydrogen-bond donors (Lipinski definition) is 1. The third-order valence-electron chi connectivity index (χ3n) is 4.71. The van der Waals surface area contributed by atoms with E-state index in [9.17, 15) is 4.79 Å². The van der Waals surface area contributed by atoms with Gasteiger partial charge < -0.3 is 10.2 Å². The van der Waals surface area contributed by atoms with Crippen molar-refractivity contribution in [3.63, 3.8) is 0 Å². The summed E-state index contributed by atoms with van der Waals surface area (Å²) in [4.78, 5) is 16.4. The van der Waals surface area contributed by atoms with Crippen molar-refractivity contribution in [3.8, 4) is 0 Å². The molecule has 2 atom stereocenters. The number of carbonyl (C=O) groups is 1. The van der Waals surface area contributed by atoms with Crippen LogP contribution in [0, 0.1) is 0 Å². The molecule has 24 heavy (non-hydrogen) atoms. The lowest BCUT2D eigenvalue weighted by atomic mass is 10.0. The fraction of sp³-hybridized carbons (Fsp3) is 0.316. The molecule has 1 fully saturated rings. The second-order valence-corrected chi connectivity index (χ2v) is 7.84. The van der Waals surface area contributed by atoms with Crippen molar-refractivity contribution in [1.82, 2.24) is 10.2 Å². The smallest absolute Gasteiger partial charge is 0.237 e. The van der Waals surface area contributed by atoms with Gasteiger partial charge in [-0.3, -0.25) is 4.79 Å². The van der Waals surface area contributed by atoms with Crippen LogP contribution >= 0.6 is 23.4 Å². The average molecular weight is 359 g/mol. The summed E-state index contributed by atoms with van der Waals surface area (Å²) in [6, 6.07) is 16.2. The fourth-order valence-electron chi connectivity index (χ4n) is 3.50. The van der Waals surface area contributed by atoms with Gasteiger partial charge in [-0.2, -0.15) is 0 Å². The SMILES string of the molecule is O=C(C1Cc2ccccc2S1)N1CCNCC1c1ccccc1Cl. The van der Waals surface area contributed by atoms with Gasteiger partial charge in [0.05, 0.1) is 11.3 Å². The number of nitrogens with zero attached hydrogens (tertiary/aromatic N) is 1. The number of nitrogens with one attached hydrogen (secondary N) is 1. The van der Waals surface area contributed by atoms with E-state index in [1.807, 2.05) is 41.3 Å². The zero-order valence-corrected chi connectivity index (χ0v) is 14.8. The largest absolute Gasteiger partial charge is 0.332 e. The molecule has 2 unspecified atom stereocenters. The molecule has 124 valence electrons. The van der Waals surface area contributed by atoms with Crippen molar-refractivity contribution < 1.29 is 4.79 Å². The number of fused-ring (bicyclic) bond motifs is 1. The first-order valence-electron chi connectivity index (χ1n) is 8.24. The lowest BCUT2D eigenvalue weighted by Gasteiger charge is -2.38. The number of piperazine rings is 1. The van der Waals surface area contributed by atoms with Gasteiger partial charge in [0.1, 0.15) is 0 Å². The van der Waals surface area contributed by atoms with E-state index in [4.69, 9.17) is 11.6 Å². The molecule has 0 spiro atoms. The van der Waals surface area contributed by atoms with Crippen molar-refractivity contribution in [2.45, 2.75) is 22.6 Å². The van der Waals surface area contributed by atoms with E-state index in [1.54, 1.807) is 11.8 Å². The van der Waals surface area contributed by atoms with E-state index >= 15 is 0 Å². The number of halogens is 1. The first-order chi connectivity index (χ1) is 11.7. The van der Waals surface area contributed by atoms with Crippen LogP contribution in [0.5, 0.6) is 0 Å². The van der Waals surface area contributed by atoms with Crippen molar-refractivity contribution in [2.75, 3.05) is 19.6 Å². The standard InChI is InChI=1S/C19H19ClN2OS/c20-15-7-3-2-6-14(15)16-12-21-9-10-22(16)19(23)18-11-13-5-1-4-8-17(13)24-18/h1-8,16,18,21H,9-12H2. The summed E-state index contributed by atoms with van der Waals surface area (Å²) in [7, 11) is 0. The minimum Gasteiger partial charge on any atom is -0.332 e. The number of carbonyl (C=O) groups excluding carboxylic acids is 1. The van der Waals surface area contributed by atoms with Crippen molar-refractivity contribution in [1.29, 1.82) is 0 Å². The van der Waals surface area contributed by atoms with Crippen molar-refractivity contribution in [3.05, 3.63) is 64.7 Å². The minimum atomic E-state index is -0.0227. The van der Waals surface area contributed by atoms with E-state index in [0.717, 1.165) is 36.6 Å². The highest BCUT2D eigenvalue weighted by atomic mass is 35.5. The van der Waals surface area contributed by atoms with Crippen LogP contribution in [0.15, 0.2) is 53.4 Å². The molecular formula is C19H19ClN2OS. The highest BCUT2D eigenvalue weighted by Crippen LogP contribution is 2.39. The number of thioether (sulfide) groups is 1. The van der Waals surface area contributed by atoms with Crippen LogP contribution in [0.1, 0.15) is 17.2 Å². The topological polar surface area (TPSA) is 32.3 Å². The van der Waals surface area contributed by atoms with Gasteiger partial charge >= 0.3 is 0 Å². The minimum absolute atomic E-state index is 0.00395. The van der Waals surface area contributed by atoms with E-state index in [1.165, 1.54) is 10.5 Å². The first kappa shape index (κ1) is 16.0. The third-order valence-corrected chi connectivity index (χ3v) is 6.36. The predicted molar refractivity (Wildman–Crippen MR) is 98.6 cm³/mol. The van der Waals surface area contributed by atoms with E-state index in [2.05, 4.69) is 17.4 Å². The van der Waals surface area contributed by atoms with Crippen LogP contribution < -0.4 is 5.32 Å². The van der Waals surface area contributed by atoms with E-state index < -0.39 is 0 Å². The van der Waals surface area contributed by atoms with Gasteiger partial charge in [-0.1, -0.05) is 48.0 Å². The molecule has 3 nitrogen and oxygen atoms in total. The maximum atomic E-state index is 13.2. The van der Waals surface area contributed by atoms with E-state index in [-0.39, 0.29) is 17.2 Å². The Hall–Kier alpha value is -1.49. The summed E-state index contributed by atoms with van der Waals surface area (Å²) < 4.78 is 0. The fourth-order valence-corrected chi connectivity index (χ4v) is 5.02. The second-order valence-electron chi connectivity index (χ2n) is 6.19. The summed E-state index contributed by atoms with van der Waals surface area (Å²) in [5.74, 6) is 0.225. The number of hydrogen-bond acceptors (Lipinski definition) is 3. The number of benzene rings is 2. The van der Waals surface area contributed by atoms with Crippen LogP contribution in [0.3, 0.4) is 0 Å². The molecule has 4 rings (SSSR count). The Morgan fingerprint density at radius 3 is 2.79 bits per heavy atom. The number of rotatable bonds is 2. The van der Waals surface area contributed by atoms with Gasteiger partial charge in [0.15, 0.2) is 0 Å². The molecule has 5 heteroatoms. The predicted octanol–water partition coefficient (Wildman–Crippen LogP) is 3.53. The Bertz CT molecular complexity index is 742. The Morgan fingerprint density at radius 1 is 1.17 bits per heavy atom. The summed E-state index contributed by atoms with van der Waals surface area (Å²) in [6.45, 7) is 2.30. The van der Waals surface area contributed by atoms with Gasteiger partial charge in [-0.15, -0.1) is 11.8 Å². The molecule has 2 aromatic rings. The van der Waals surface area contributed by atoms with Crippen molar-refractivity contribution >= 4 is 29.3 Å². The lowest BCUT2D eigenvalue weighted by molar-refractivity contribution is -0.133. The van der Waals surface area contributed by atoms with Gasteiger partial charge in [0, 0.05) is 29.6 Å². The van der Waals surface area contributed by atoms with Crippen LogP contribution in [-0.4, -0.2) is 35.7 Å². The first-order valence-corrected chi connectivity index (χ1v) is 9.50. The van der Waals surface area contributed by atoms with Crippen LogP contribution in [0.2, 0.25) is 5.02 Å². The quantitative estimate of drug-likeness (QED) is 0.891. The highest BCUT2D eigenvalue weighted by Gasteiger charge is 2.36. The molecule has 0 saturated carbocycles. The summed E-state index contributed by atoms with van der Waals surface area (Å²) in [5, 5.41) is 4.10. The summed E-state index contributed by atoms with van der Waals surface area (Å²) in [6.07, 6.45) is 0.818. The van der Waals surface area contributed by atoms with E-state index in [0.29, 0.717) is 0 Å². The normalized spacial score (nSPS) is 23.1. The zero-order chi connectivity index (χ0) is 16.5. The molecule has 2 aliphatic heterocycles. The highest BCUT2D eigenvalue weighted by molar-refractivity contribution is 8.01. The van der Waals surface area contributed by atoms with Gasteiger partial charge in [0.25, 0.3) is 0 Å². The number of amides is 1. The molecule has 1 N–H and O–H groups in total. The van der Waals surface area contributed by atoms with Gasteiger partial charge in [-0.25, -0.2) is 0 Å². The molecule has 0 aromatic heterocycles. The molecular weight excluding hydrogens is 340 g/mol. The maximum absolute atomic E-state index is 13.2. The molecule has 1 saturated heterocycles. The zero-order valence-electron chi connectivity index (χ0n) is 13.2. The van der Waals surface area contributed by atoms with Crippen LogP contribution in [0.4, 0.5) is 0 Å². The average Bonchev–Trinajstić information content (AvgIpc) is 3.06. The molecule has 2 heterocycles. The molecule has 2 aliphatic rings. The summed E-state index contributed by atoms with van der Waals surface area (Å²) in [5.41, 5.74) is 2.31. The molecule has 0 bridgehead atoms. The maximum Gasteiger partial charge on any atom is 0.237 e. The molecule has 1 amide bonds. The van der Waals surface area contributed by atoms with Crippen LogP contribution in [-0.2, 0) is 11.2 Å². The Kier molecular flexibility index (Phi) is 4.53. The van der Waals surface area contributed by atoms with Gasteiger partial charge in [-0.05, 0) is 29.7 Å². The molecule has 0 aliphatic carbocycles. The van der Waals surface area contributed by atoms with Crippen molar-refractivity contribution in [2.24, 2.45) is 0 Å². The monoisotopic (exact) mass is 358 g/mol. The lowest BCUT2D eigenvalue weighted by Crippen LogP contribution is -2.51.